The minimum absolute atomic E-state index is 0.00233. The monoisotopic (exact) mass is 322 g/mol. The Morgan fingerprint density at radius 2 is 1.88 bits per heavy atom. The molecule has 0 bridgehead atoms. The van der Waals surface area contributed by atoms with Gasteiger partial charge in [0, 0.05) is 12.1 Å². The maximum atomic E-state index is 12.2. The van der Waals surface area contributed by atoms with Gasteiger partial charge in [0.05, 0.1) is 14.2 Å². The van der Waals surface area contributed by atoms with E-state index in [2.05, 4.69) is 5.32 Å². The fourth-order valence-electron chi connectivity index (χ4n) is 2.20. The smallest absolute Gasteiger partial charge is 0.262 e. The van der Waals surface area contributed by atoms with Gasteiger partial charge < -0.3 is 14.8 Å². The second-order valence-electron chi connectivity index (χ2n) is 4.92. The zero-order chi connectivity index (χ0) is 17.4. The van der Waals surface area contributed by atoms with Crippen LogP contribution in [0.4, 0.5) is 0 Å². The topological polar surface area (TPSA) is 71.3 Å². The average Bonchev–Trinajstić information content (AvgIpc) is 2.64. The van der Waals surface area contributed by atoms with Crippen molar-refractivity contribution in [3.63, 3.8) is 0 Å². The molecule has 0 aliphatic heterocycles. The van der Waals surface area contributed by atoms with Crippen molar-refractivity contribution < 1.29 is 14.3 Å². The molecule has 2 rings (SSSR count). The van der Waals surface area contributed by atoms with Gasteiger partial charge in [0.15, 0.2) is 11.5 Å². The van der Waals surface area contributed by atoms with Crippen molar-refractivity contribution in [2.24, 2.45) is 0 Å². The zero-order valence-electron chi connectivity index (χ0n) is 13.6. The Bertz CT molecular complexity index is 777. The van der Waals surface area contributed by atoms with Crippen molar-refractivity contribution in [3.8, 4) is 17.6 Å². The highest BCUT2D eigenvalue weighted by Gasteiger charge is 2.13. The Labute approximate surface area is 141 Å². The van der Waals surface area contributed by atoms with Gasteiger partial charge in [-0.15, -0.1) is 0 Å². The third-order valence-electron chi connectivity index (χ3n) is 3.39. The summed E-state index contributed by atoms with van der Waals surface area (Å²) in [5, 5.41) is 12.0. The highest BCUT2D eigenvalue weighted by molar-refractivity contribution is 6.02. The van der Waals surface area contributed by atoms with E-state index in [0.29, 0.717) is 23.6 Å². The van der Waals surface area contributed by atoms with Gasteiger partial charge in [0.1, 0.15) is 11.6 Å². The van der Waals surface area contributed by atoms with Crippen LogP contribution < -0.4 is 14.8 Å². The van der Waals surface area contributed by atoms with Crippen LogP contribution in [0, 0.1) is 11.3 Å². The number of benzene rings is 2. The molecule has 24 heavy (non-hydrogen) atoms. The molecule has 1 N–H and O–H groups in total. The Morgan fingerprint density at radius 1 is 1.12 bits per heavy atom. The van der Waals surface area contributed by atoms with E-state index in [-0.39, 0.29) is 5.57 Å². The van der Waals surface area contributed by atoms with E-state index in [9.17, 15) is 10.1 Å². The number of rotatable bonds is 6. The van der Waals surface area contributed by atoms with Gasteiger partial charge in [0.25, 0.3) is 5.91 Å². The van der Waals surface area contributed by atoms with Crippen LogP contribution in [0.3, 0.4) is 0 Å². The maximum absolute atomic E-state index is 12.2. The molecule has 0 heterocycles. The average molecular weight is 322 g/mol. The molecule has 0 radical (unpaired) electrons. The minimum Gasteiger partial charge on any atom is -0.493 e. The van der Waals surface area contributed by atoms with Gasteiger partial charge in [-0.05, 0) is 17.7 Å². The lowest BCUT2D eigenvalue weighted by Gasteiger charge is -2.10. The maximum Gasteiger partial charge on any atom is 0.262 e. The van der Waals surface area contributed by atoms with Gasteiger partial charge >= 0.3 is 0 Å². The highest BCUT2D eigenvalue weighted by Crippen LogP contribution is 2.32. The van der Waals surface area contributed by atoms with E-state index in [1.807, 2.05) is 36.4 Å². The number of para-hydroxylation sites is 1. The number of hydrogen-bond acceptors (Lipinski definition) is 4. The Morgan fingerprint density at radius 3 is 2.50 bits per heavy atom. The van der Waals surface area contributed by atoms with Gasteiger partial charge in [0.2, 0.25) is 0 Å². The SMILES string of the molecule is COc1cccc(/C=C(\C#N)C(=O)NCc2ccccc2)c1OC. The molecule has 0 unspecified atom stereocenters. The first-order valence-corrected chi connectivity index (χ1v) is 7.34. The summed E-state index contributed by atoms with van der Waals surface area (Å²) in [6.45, 7) is 0.355. The molecule has 2 aromatic rings. The summed E-state index contributed by atoms with van der Waals surface area (Å²) < 4.78 is 10.5. The molecule has 5 heteroatoms. The minimum atomic E-state index is -0.439. The van der Waals surface area contributed by atoms with Gasteiger partial charge in [-0.3, -0.25) is 4.79 Å². The first-order chi connectivity index (χ1) is 11.7. The van der Waals surface area contributed by atoms with E-state index in [4.69, 9.17) is 9.47 Å². The Kier molecular flexibility index (Phi) is 5.98. The molecule has 1 amide bonds. The second kappa shape index (κ2) is 8.39. The fourth-order valence-corrected chi connectivity index (χ4v) is 2.20. The summed E-state index contributed by atoms with van der Waals surface area (Å²) in [5.74, 6) is 0.572. The Balaban J connectivity index is 2.20. The van der Waals surface area contributed by atoms with Crippen LogP contribution in [0.1, 0.15) is 11.1 Å². The summed E-state index contributed by atoms with van der Waals surface area (Å²) in [7, 11) is 3.04. The highest BCUT2D eigenvalue weighted by atomic mass is 16.5. The molecule has 2 aromatic carbocycles. The zero-order valence-corrected chi connectivity index (χ0v) is 13.6. The number of amides is 1. The van der Waals surface area contributed by atoms with Crippen LogP contribution in [0.2, 0.25) is 0 Å². The molecule has 0 fully saturated rings. The van der Waals surface area contributed by atoms with Crippen molar-refractivity contribution >= 4 is 12.0 Å². The normalized spacial score (nSPS) is 10.6. The predicted molar refractivity (Wildman–Crippen MR) is 91.4 cm³/mol. The van der Waals surface area contributed by atoms with Crippen molar-refractivity contribution in [1.29, 1.82) is 5.26 Å². The van der Waals surface area contributed by atoms with Crippen LogP contribution in [-0.4, -0.2) is 20.1 Å². The standard InChI is InChI=1S/C19H18N2O3/c1-23-17-10-6-9-15(18(17)24-2)11-16(12-20)19(22)21-13-14-7-4-3-5-8-14/h3-11H,13H2,1-2H3,(H,21,22)/b16-11+. The molecule has 0 aromatic heterocycles. The lowest BCUT2D eigenvalue weighted by atomic mass is 10.1. The molecular weight excluding hydrogens is 304 g/mol. The molecule has 0 aliphatic rings. The Hall–Kier alpha value is -3.26. The number of hydrogen-bond donors (Lipinski definition) is 1. The predicted octanol–water partition coefficient (Wildman–Crippen LogP) is 2.93. The van der Waals surface area contributed by atoms with E-state index >= 15 is 0 Å². The third kappa shape index (κ3) is 4.14. The van der Waals surface area contributed by atoms with Crippen LogP contribution in [0.15, 0.2) is 54.1 Å². The summed E-state index contributed by atoms with van der Waals surface area (Å²) in [5.41, 5.74) is 1.56. The molecule has 122 valence electrons. The number of methoxy groups -OCH3 is 2. The molecule has 0 aliphatic carbocycles. The number of carbonyl (C=O) groups is 1. The van der Waals surface area contributed by atoms with Crippen LogP contribution >= 0.6 is 0 Å². The second-order valence-corrected chi connectivity index (χ2v) is 4.92. The quantitative estimate of drug-likeness (QED) is 0.655. The summed E-state index contributed by atoms with van der Waals surface area (Å²) in [6.07, 6.45) is 1.49. The van der Waals surface area contributed by atoms with Gasteiger partial charge in [-0.2, -0.15) is 5.26 Å². The number of nitrogens with zero attached hydrogens (tertiary/aromatic N) is 1. The summed E-state index contributed by atoms with van der Waals surface area (Å²) in [6, 6.07) is 16.7. The number of nitrogens with one attached hydrogen (secondary N) is 1. The van der Waals surface area contributed by atoms with Crippen molar-refractivity contribution in [2.45, 2.75) is 6.54 Å². The first-order valence-electron chi connectivity index (χ1n) is 7.34. The van der Waals surface area contributed by atoms with E-state index in [1.165, 1.54) is 20.3 Å². The van der Waals surface area contributed by atoms with Crippen molar-refractivity contribution in [1.82, 2.24) is 5.32 Å². The fraction of sp³-hybridized carbons (Fsp3) is 0.158. The number of carbonyl (C=O) groups excluding carboxylic acids is 1. The molecule has 0 saturated heterocycles. The van der Waals surface area contributed by atoms with Gasteiger partial charge in [-0.1, -0.05) is 42.5 Å². The molecule has 0 saturated carbocycles. The largest absolute Gasteiger partial charge is 0.493 e. The van der Waals surface area contributed by atoms with Crippen LogP contribution in [-0.2, 0) is 11.3 Å². The molecule has 5 nitrogen and oxygen atoms in total. The van der Waals surface area contributed by atoms with E-state index < -0.39 is 5.91 Å². The summed E-state index contributed by atoms with van der Waals surface area (Å²) in [4.78, 5) is 12.2. The van der Waals surface area contributed by atoms with Gasteiger partial charge in [-0.25, -0.2) is 0 Å². The van der Waals surface area contributed by atoms with E-state index in [1.54, 1.807) is 18.2 Å². The van der Waals surface area contributed by atoms with Crippen LogP contribution in [0.5, 0.6) is 11.5 Å². The first kappa shape index (κ1) is 17.1. The lowest BCUT2D eigenvalue weighted by molar-refractivity contribution is -0.117. The van der Waals surface area contributed by atoms with Crippen LogP contribution in [0.25, 0.3) is 6.08 Å². The van der Waals surface area contributed by atoms with Crippen molar-refractivity contribution in [2.75, 3.05) is 14.2 Å². The third-order valence-corrected chi connectivity index (χ3v) is 3.39. The number of ether oxygens (including phenoxy) is 2. The number of nitriles is 1. The molecule has 0 atom stereocenters. The lowest BCUT2D eigenvalue weighted by Crippen LogP contribution is -2.23. The summed E-state index contributed by atoms with van der Waals surface area (Å²) >= 11 is 0. The molecule has 0 spiro atoms. The van der Waals surface area contributed by atoms with E-state index in [0.717, 1.165) is 5.56 Å². The molecular formula is C19H18N2O3. The van der Waals surface area contributed by atoms with Crippen molar-refractivity contribution in [3.05, 3.63) is 65.2 Å².